The summed E-state index contributed by atoms with van der Waals surface area (Å²) in [5.41, 5.74) is -0.393. The number of hydrogen-bond acceptors (Lipinski definition) is 8. The lowest BCUT2D eigenvalue weighted by Gasteiger charge is -2.35. The minimum absolute atomic E-state index is 0.0457. The fraction of sp³-hybridized carbons (Fsp3) is 0.391. The van der Waals surface area contributed by atoms with E-state index >= 15 is 0 Å². The summed E-state index contributed by atoms with van der Waals surface area (Å²) < 4.78 is 53.3. The standard InChI is InChI=1S/C23H27ClN4O6S2/c1-23(2,34-19-8-4-14(24)10-20(19)35(3,30)31)22(29)27-15-11-16-5-6-17(12-15)28(16)21-9-7-18(13-26-21)36(25,32)33/h4,7-11,13,15,17H,5-6,12H2,1-3H3,(H,27,29)(H2,25,32,33). The largest absolute Gasteiger partial charge is 0.477 e. The molecule has 2 aliphatic rings. The van der Waals surface area contributed by atoms with Crippen molar-refractivity contribution >= 4 is 43.2 Å². The molecule has 0 aliphatic carbocycles. The molecule has 36 heavy (non-hydrogen) atoms. The number of nitrogens with one attached hydrogen (secondary N) is 1. The van der Waals surface area contributed by atoms with Gasteiger partial charge in [0.25, 0.3) is 5.91 Å². The Morgan fingerprint density at radius 1 is 1.22 bits per heavy atom. The Balaban J connectivity index is 1.49. The topological polar surface area (TPSA) is 149 Å². The Bertz CT molecular complexity index is 1440. The first kappa shape index (κ1) is 26.4. The molecule has 1 aromatic carbocycles. The second-order valence-electron chi connectivity index (χ2n) is 9.41. The highest BCUT2D eigenvalue weighted by atomic mass is 35.5. The van der Waals surface area contributed by atoms with Crippen molar-refractivity contribution in [1.29, 1.82) is 0 Å². The van der Waals surface area contributed by atoms with E-state index in [4.69, 9.17) is 21.5 Å². The van der Waals surface area contributed by atoms with Crippen molar-refractivity contribution in [2.24, 2.45) is 5.14 Å². The first-order valence-electron chi connectivity index (χ1n) is 11.1. The number of ether oxygens (including phenoxy) is 1. The van der Waals surface area contributed by atoms with E-state index in [0.717, 1.165) is 24.8 Å². The predicted molar refractivity (Wildman–Crippen MR) is 135 cm³/mol. The predicted octanol–water partition coefficient (Wildman–Crippen LogP) is 2.38. The molecule has 4 rings (SSSR count). The second-order valence-corrected chi connectivity index (χ2v) is 13.4. The highest BCUT2D eigenvalue weighted by Gasteiger charge is 2.39. The van der Waals surface area contributed by atoms with E-state index in [0.29, 0.717) is 12.2 Å². The van der Waals surface area contributed by atoms with Crippen LogP contribution >= 0.6 is 11.6 Å². The van der Waals surface area contributed by atoms with E-state index in [1.807, 2.05) is 11.0 Å². The number of nitrogens with zero attached hydrogens (tertiary/aromatic N) is 2. The van der Waals surface area contributed by atoms with Gasteiger partial charge in [0.05, 0.1) is 6.04 Å². The number of anilines is 1. The summed E-state index contributed by atoms with van der Waals surface area (Å²) in [5, 5.41) is 8.39. The molecule has 1 saturated heterocycles. The Hall–Kier alpha value is -2.67. The maximum atomic E-state index is 13.1. The fourth-order valence-corrected chi connectivity index (χ4v) is 5.93. The molecule has 3 heterocycles. The van der Waals surface area contributed by atoms with Crippen LogP contribution in [0.25, 0.3) is 0 Å². The van der Waals surface area contributed by atoms with Crippen LogP contribution in [0.2, 0.25) is 5.02 Å². The van der Waals surface area contributed by atoms with Gasteiger partial charge in [0.1, 0.15) is 21.4 Å². The van der Waals surface area contributed by atoms with Crippen LogP contribution in [0.5, 0.6) is 5.75 Å². The highest BCUT2D eigenvalue weighted by molar-refractivity contribution is 7.90. The number of pyridine rings is 1. The number of sulfonamides is 1. The molecule has 10 nitrogen and oxygen atoms in total. The Morgan fingerprint density at radius 2 is 1.94 bits per heavy atom. The molecule has 3 N–H and O–H groups in total. The van der Waals surface area contributed by atoms with Crippen molar-refractivity contribution in [3.05, 3.63) is 53.3 Å². The van der Waals surface area contributed by atoms with Gasteiger partial charge in [-0.3, -0.25) is 4.79 Å². The van der Waals surface area contributed by atoms with Crippen LogP contribution in [0.3, 0.4) is 0 Å². The number of benzene rings is 1. The summed E-state index contributed by atoms with van der Waals surface area (Å²) in [6, 6.07) is 7.08. The van der Waals surface area contributed by atoms with Crippen LogP contribution in [0.1, 0.15) is 33.1 Å². The van der Waals surface area contributed by atoms with Crippen molar-refractivity contribution < 1.29 is 26.4 Å². The van der Waals surface area contributed by atoms with Crippen LogP contribution < -0.4 is 20.1 Å². The zero-order valence-corrected chi connectivity index (χ0v) is 22.3. The van der Waals surface area contributed by atoms with Gasteiger partial charge in [0.2, 0.25) is 10.0 Å². The van der Waals surface area contributed by atoms with Gasteiger partial charge in [0.15, 0.2) is 15.4 Å². The molecule has 2 aromatic rings. The number of fused-ring (bicyclic) bond motifs is 2. The molecule has 0 saturated carbocycles. The lowest BCUT2D eigenvalue weighted by Crippen LogP contribution is -2.52. The molecule has 2 atom stereocenters. The summed E-state index contributed by atoms with van der Waals surface area (Å²) >= 11 is 5.96. The minimum Gasteiger partial charge on any atom is -0.477 e. The van der Waals surface area contributed by atoms with Crippen molar-refractivity contribution in [2.45, 2.75) is 60.6 Å². The van der Waals surface area contributed by atoms with Gasteiger partial charge in [-0.05, 0) is 69.5 Å². The van der Waals surface area contributed by atoms with Crippen LogP contribution in [-0.4, -0.2) is 51.7 Å². The molecule has 1 aromatic heterocycles. The lowest BCUT2D eigenvalue weighted by atomic mass is 10.0. The summed E-state index contributed by atoms with van der Waals surface area (Å²) in [6.07, 6.45) is 6.50. The number of nitrogens with two attached hydrogens (primary N) is 1. The number of amides is 1. The van der Waals surface area contributed by atoms with Crippen LogP contribution in [0.4, 0.5) is 5.82 Å². The third-order valence-electron chi connectivity index (χ3n) is 6.16. The van der Waals surface area contributed by atoms with Crippen LogP contribution in [-0.2, 0) is 24.7 Å². The zero-order chi connectivity index (χ0) is 26.5. The van der Waals surface area contributed by atoms with Gasteiger partial charge >= 0.3 is 0 Å². The number of rotatable bonds is 7. The summed E-state index contributed by atoms with van der Waals surface area (Å²) in [5.74, 6) is 0.257. The fourth-order valence-electron chi connectivity index (χ4n) is 4.42. The molecular weight excluding hydrogens is 528 g/mol. The average Bonchev–Trinajstić information content (AvgIpc) is 3.04. The van der Waals surface area contributed by atoms with Crippen molar-refractivity contribution in [3.63, 3.8) is 0 Å². The van der Waals surface area contributed by atoms with Gasteiger partial charge in [-0.15, -0.1) is 0 Å². The molecule has 13 heteroatoms. The number of primary sulfonamides is 1. The van der Waals surface area contributed by atoms with Gasteiger partial charge in [-0.25, -0.2) is 27.0 Å². The number of allylic oxidation sites excluding steroid dienone is 1. The smallest absolute Gasteiger partial charge is 0.264 e. The Kier molecular flexibility index (Phi) is 6.84. The van der Waals surface area contributed by atoms with E-state index in [1.165, 1.54) is 30.5 Å². The van der Waals surface area contributed by atoms with Crippen LogP contribution in [0, 0.1) is 0 Å². The maximum absolute atomic E-state index is 13.1. The number of hydrogen-bond donors (Lipinski definition) is 2. The number of carbonyl (C=O) groups is 1. The normalized spacial score (nSPS) is 20.1. The number of aromatic nitrogens is 1. The highest BCUT2D eigenvalue weighted by Crippen LogP contribution is 2.38. The van der Waals surface area contributed by atoms with Gasteiger partial charge < -0.3 is 15.0 Å². The first-order valence-corrected chi connectivity index (χ1v) is 14.9. The van der Waals surface area contributed by atoms with E-state index in [-0.39, 0.29) is 32.6 Å². The van der Waals surface area contributed by atoms with E-state index in [9.17, 15) is 21.6 Å². The molecule has 1 fully saturated rings. The third-order valence-corrected chi connectivity index (χ3v) is 8.41. The summed E-state index contributed by atoms with van der Waals surface area (Å²) in [6.45, 7) is 3.13. The minimum atomic E-state index is -3.83. The zero-order valence-electron chi connectivity index (χ0n) is 19.9. The molecule has 0 radical (unpaired) electrons. The number of sulfone groups is 1. The number of halogens is 1. The number of carbonyl (C=O) groups excluding carboxylic acids is 1. The molecular formula is C23H27ClN4O6S2. The lowest BCUT2D eigenvalue weighted by molar-refractivity contribution is -0.134. The van der Waals surface area contributed by atoms with E-state index in [1.54, 1.807) is 19.9 Å². The maximum Gasteiger partial charge on any atom is 0.264 e. The van der Waals surface area contributed by atoms with Gasteiger partial charge in [0, 0.05) is 29.2 Å². The van der Waals surface area contributed by atoms with E-state index in [2.05, 4.69) is 10.3 Å². The SMILES string of the molecule is CC(C)(Oc1ccc(Cl)cc1S(C)(=O)=O)C(=O)NC1C=C2CCC(C1)N2c1ccc(S(N)(=O)=O)cn1. The Labute approximate surface area is 215 Å². The average molecular weight is 555 g/mol. The third kappa shape index (κ3) is 5.51. The summed E-state index contributed by atoms with van der Waals surface area (Å²) in [7, 11) is -7.46. The van der Waals surface area contributed by atoms with Crippen LogP contribution in [0.15, 0.2) is 58.1 Å². The summed E-state index contributed by atoms with van der Waals surface area (Å²) in [4.78, 5) is 19.3. The van der Waals surface area contributed by atoms with Crippen molar-refractivity contribution in [3.8, 4) is 5.75 Å². The van der Waals surface area contributed by atoms with Gasteiger partial charge in [-0.2, -0.15) is 0 Å². The monoisotopic (exact) mass is 554 g/mol. The quantitative estimate of drug-likeness (QED) is 0.530. The molecule has 194 valence electrons. The van der Waals surface area contributed by atoms with Crippen molar-refractivity contribution in [1.82, 2.24) is 10.3 Å². The molecule has 2 unspecified atom stereocenters. The molecule has 2 aliphatic heterocycles. The van der Waals surface area contributed by atoms with Gasteiger partial charge in [-0.1, -0.05) is 11.6 Å². The first-order chi connectivity index (χ1) is 16.6. The molecule has 2 bridgehead atoms. The van der Waals surface area contributed by atoms with E-state index < -0.39 is 31.4 Å². The molecule has 0 spiro atoms. The molecule has 1 amide bonds. The van der Waals surface area contributed by atoms with Crippen molar-refractivity contribution in [2.75, 3.05) is 11.2 Å². The Morgan fingerprint density at radius 3 is 2.53 bits per heavy atom. The second kappa shape index (κ2) is 9.33.